The number of rotatable bonds is 3. The summed E-state index contributed by atoms with van der Waals surface area (Å²) in [6, 6.07) is 47.7. The summed E-state index contributed by atoms with van der Waals surface area (Å²) in [7, 11) is 0. The number of benzene rings is 6. The van der Waals surface area contributed by atoms with Crippen molar-refractivity contribution >= 4 is 17.1 Å². The normalized spacial score (nSPS) is 17.0. The Hall–Kier alpha value is -4.88. The topological polar surface area (TPSA) is 3.24 Å². The van der Waals surface area contributed by atoms with Crippen LogP contribution in [0.25, 0.3) is 33.4 Å². The van der Waals surface area contributed by atoms with Crippen molar-refractivity contribution < 1.29 is 0 Å². The lowest BCUT2D eigenvalue weighted by Gasteiger charge is -2.55. The van der Waals surface area contributed by atoms with E-state index in [1.165, 1.54) is 83.8 Å². The maximum absolute atomic E-state index is 2.67. The Labute approximate surface area is 273 Å². The highest BCUT2D eigenvalue weighted by molar-refractivity contribution is 6.00. The van der Waals surface area contributed by atoms with Gasteiger partial charge < -0.3 is 4.90 Å². The van der Waals surface area contributed by atoms with Crippen molar-refractivity contribution in [3.8, 4) is 33.4 Å². The molecule has 0 aliphatic carbocycles. The monoisotopic (exact) mass is 593 g/mol. The fraction of sp³-hybridized carbons (Fsp3) is 0.200. The van der Waals surface area contributed by atoms with Crippen LogP contribution in [0.2, 0.25) is 0 Å². The van der Waals surface area contributed by atoms with Crippen LogP contribution in [0.15, 0.2) is 127 Å². The third-order valence-corrected chi connectivity index (χ3v) is 11.4. The van der Waals surface area contributed by atoms with Crippen molar-refractivity contribution in [1.29, 1.82) is 0 Å². The van der Waals surface area contributed by atoms with Crippen molar-refractivity contribution in [1.82, 2.24) is 0 Å². The summed E-state index contributed by atoms with van der Waals surface area (Å²) in [4.78, 5) is 2.67. The van der Waals surface area contributed by atoms with E-state index >= 15 is 0 Å². The Morgan fingerprint density at radius 1 is 0.304 bits per heavy atom. The molecule has 0 fully saturated rings. The third kappa shape index (κ3) is 3.52. The van der Waals surface area contributed by atoms with Crippen LogP contribution < -0.4 is 4.90 Å². The van der Waals surface area contributed by atoms with E-state index in [2.05, 4.69) is 174 Å². The maximum Gasteiger partial charge on any atom is 0.0544 e. The molecule has 0 spiro atoms. The van der Waals surface area contributed by atoms with Gasteiger partial charge in [0.2, 0.25) is 0 Å². The Kier molecular flexibility index (Phi) is 5.43. The summed E-state index contributed by atoms with van der Waals surface area (Å²) in [6.45, 7) is 14.6. The fourth-order valence-electron chi connectivity index (χ4n) is 8.67. The van der Waals surface area contributed by atoms with Crippen LogP contribution in [0.1, 0.15) is 74.9 Å². The van der Waals surface area contributed by atoms with Gasteiger partial charge in [0.15, 0.2) is 0 Å². The molecule has 3 heterocycles. The average Bonchev–Trinajstić information content (AvgIpc) is 3.08. The van der Waals surface area contributed by atoms with Crippen LogP contribution in [-0.2, 0) is 16.2 Å². The first-order chi connectivity index (χ1) is 22.1. The summed E-state index contributed by atoms with van der Waals surface area (Å²) < 4.78 is 0. The van der Waals surface area contributed by atoms with E-state index in [1.807, 2.05) is 0 Å². The van der Waals surface area contributed by atoms with Gasteiger partial charge in [-0.15, -0.1) is 0 Å². The highest BCUT2D eigenvalue weighted by Crippen LogP contribution is 2.66. The van der Waals surface area contributed by atoms with Crippen LogP contribution >= 0.6 is 0 Å². The van der Waals surface area contributed by atoms with E-state index in [0.717, 1.165) is 0 Å². The molecule has 0 saturated carbocycles. The Morgan fingerprint density at radius 2 is 0.609 bits per heavy atom. The first-order valence-electron chi connectivity index (χ1n) is 16.6. The van der Waals surface area contributed by atoms with Crippen LogP contribution in [0.5, 0.6) is 0 Å². The van der Waals surface area contributed by atoms with Gasteiger partial charge in [0.25, 0.3) is 0 Å². The Bertz CT molecular complexity index is 2200. The van der Waals surface area contributed by atoms with Gasteiger partial charge in [-0.25, -0.2) is 0 Å². The molecule has 0 radical (unpaired) electrons. The van der Waals surface area contributed by atoms with Gasteiger partial charge in [-0.05, 0) is 91.0 Å². The molecule has 0 amide bonds. The number of nitrogens with zero attached hydrogens (tertiary/aromatic N) is 1. The van der Waals surface area contributed by atoms with Crippen molar-refractivity contribution in [2.75, 3.05) is 4.90 Å². The number of hydrogen-bond donors (Lipinski definition) is 0. The van der Waals surface area contributed by atoms with E-state index < -0.39 is 0 Å². The molecule has 46 heavy (non-hydrogen) atoms. The lowest BCUT2D eigenvalue weighted by Crippen LogP contribution is -2.43. The summed E-state index contributed by atoms with van der Waals surface area (Å²) in [5.41, 5.74) is 19.7. The molecule has 1 nitrogen and oxygen atoms in total. The van der Waals surface area contributed by atoms with Crippen LogP contribution in [0.3, 0.4) is 0 Å². The molecule has 9 rings (SSSR count). The molecule has 3 aliphatic heterocycles. The van der Waals surface area contributed by atoms with Crippen molar-refractivity contribution in [3.63, 3.8) is 0 Å². The minimum atomic E-state index is -0.203. The molecule has 0 saturated heterocycles. The summed E-state index contributed by atoms with van der Waals surface area (Å²) >= 11 is 0. The zero-order valence-corrected chi connectivity index (χ0v) is 27.6. The largest absolute Gasteiger partial charge is 0.309 e. The van der Waals surface area contributed by atoms with Crippen LogP contribution in [0.4, 0.5) is 17.1 Å². The fourth-order valence-corrected chi connectivity index (χ4v) is 8.67. The zero-order valence-electron chi connectivity index (χ0n) is 27.6. The lowest BCUT2D eigenvalue weighted by atomic mass is 9.60. The maximum atomic E-state index is 2.67. The van der Waals surface area contributed by atoms with E-state index in [1.54, 1.807) is 0 Å². The van der Waals surface area contributed by atoms with Crippen molar-refractivity contribution in [2.24, 2.45) is 0 Å². The van der Waals surface area contributed by atoms with Gasteiger partial charge in [-0.2, -0.15) is 0 Å². The zero-order chi connectivity index (χ0) is 31.6. The molecule has 224 valence electrons. The Balaban J connectivity index is 1.34. The smallest absolute Gasteiger partial charge is 0.0544 e. The molecule has 0 aromatic heterocycles. The van der Waals surface area contributed by atoms with E-state index in [4.69, 9.17) is 0 Å². The van der Waals surface area contributed by atoms with E-state index in [0.29, 0.717) is 0 Å². The van der Waals surface area contributed by atoms with Crippen LogP contribution in [-0.4, -0.2) is 0 Å². The van der Waals surface area contributed by atoms with Gasteiger partial charge in [-0.1, -0.05) is 145 Å². The van der Waals surface area contributed by atoms with Gasteiger partial charge in [0.05, 0.1) is 17.1 Å². The van der Waals surface area contributed by atoms with E-state index in [9.17, 15) is 0 Å². The highest BCUT2D eigenvalue weighted by Gasteiger charge is 2.51. The van der Waals surface area contributed by atoms with Gasteiger partial charge >= 0.3 is 0 Å². The molecule has 0 atom stereocenters. The van der Waals surface area contributed by atoms with Crippen molar-refractivity contribution in [3.05, 3.63) is 161 Å². The van der Waals surface area contributed by atoms with Gasteiger partial charge in [0, 0.05) is 16.2 Å². The molecular formula is C45H39N. The predicted octanol–water partition coefficient (Wildman–Crippen LogP) is 12.1. The molecule has 0 unspecified atom stereocenters. The second-order valence-electron chi connectivity index (χ2n) is 15.1. The van der Waals surface area contributed by atoms with Gasteiger partial charge in [-0.3, -0.25) is 0 Å². The molecule has 0 N–H and O–H groups in total. The van der Waals surface area contributed by atoms with Gasteiger partial charge in [0.1, 0.15) is 0 Å². The standard InChI is InChI=1S/C45H39N/c1-43(2)34-18-13-19-35-40(34)46-41-36(43)24-32(29-16-11-8-12-17-29)25-38(41)45(5,6)39-27-33(26-37(42(39)46)44(35,3)4)31-22-20-30(21-23-31)28-14-9-7-10-15-28/h7-27H,1-6H3. The lowest BCUT2D eigenvalue weighted by molar-refractivity contribution is 0.567. The highest BCUT2D eigenvalue weighted by atomic mass is 15.2. The molecule has 3 aliphatic rings. The average molecular weight is 594 g/mol. The second-order valence-corrected chi connectivity index (χ2v) is 15.1. The first kappa shape index (κ1) is 27.4. The summed E-state index contributed by atoms with van der Waals surface area (Å²) in [5.74, 6) is 0. The number of anilines is 3. The third-order valence-electron chi connectivity index (χ3n) is 11.4. The quantitative estimate of drug-likeness (QED) is 0.197. The second kappa shape index (κ2) is 9.10. The molecule has 1 heteroatoms. The molecule has 6 aromatic rings. The summed E-state index contributed by atoms with van der Waals surface area (Å²) in [5, 5.41) is 0. The molecule has 0 bridgehead atoms. The summed E-state index contributed by atoms with van der Waals surface area (Å²) in [6.07, 6.45) is 0. The van der Waals surface area contributed by atoms with E-state index in [-0.39, 0.29) is 16.2 Å². The predicted molar refractivity (Wildman–Crippen MR) is 194 cm³/mol. The first-order valence-corrected chi connectivity index (χ1v) is 16.6. The number of para-hydroxylation sites is 1. The minimum Gasteiger partial charge on any atom is -0.309 e. The van der Waals surface area contributed by atoms with Crippen LogP contribution in [0, 0.1) is 0 Å². The van der Waals surface area contributed by atoms with Crippen molar-refractivity contribution in [2.45, 2.75) is 57.8 Å². The Morgan fingerprint density at radius 3 is 1.02 bits per heavy atom. The minimum absolute atomic E-state index is 0.141. The molecular weight excluding hydrogens is 555 g/mol. The number of hydrogen-bond acceptors (Lipinski definition) is 1. The SMILES string of the molecule is CC1(C)c2cccc3c2N2c4c1cc(-c1ccccc1)cc4C(C)(C)c1cc(-c4ccc(-c5ccccc5)cc4)cc(c12)C3(C)C. The molecule has 6 aromatic carbocycles.